The molecule has 1 heterocycles. The number of amides is 1. The maximum absolute atomic E-state index is 12.6. The summed E-state index contributed by atoms with van der Waals surface area (Å²) in [6.45, 7) is 3.56. The minimum atomic E-state index is -0.121. The Morgan fingerprint density at radius 3 is 2.67 bits per heavy atom. The van der Waals surface area contributed by atoms with Crippen molar-refractivity contribution in [3.05, 3.63) is 87.9 Å². The molecule has 0 aromatic heterocycles. The second-order valence-electron chi connectivity index (χ2n) is 6.70. The molecule has 152 valence electrons. The molecule has 1 aliphatic heterocycles. The summed E-state index contributed by atoms with van der Waals surface area (Å²) >= 11 is 5.18. The van der Waals surface area contributed by atoms with Crippen LogP contribution in [0.2, 0.25) is 0 Å². The van der Waals surface area contributed by atoms with Crippen LogP contribution < -0.4 is 5.32 Å². The Bertz CT molecular complexity index is 1100. The third-order valence-corrected chi connectivity index (χ3v) is 6.34. The molecule has 30 heavy (non-hydrogen) atoms. The fourth-order valence-corrected chi connectivity index (χ4v) is 4.46. The Labute approximate surface area is 188 Å². The van der Waals surface area contributed by atoms with E-state index in [1.54, 1.807) is 11.8 Å². The lowest BCUT2D eigenvalue weighted by Crippen LogP contribution is -2.27. The first kappa shape index (κ1) is 20.8. The highest BCUT2D eigenvalue weighted by Crippen LogP contribution is 2.41. The Kier molecular flexibility index (Phi) is 6.67. The minimum Gasteiger partial charge on any atom is -0.380 e. The van der Waals surface area contributed by atoms with Gasteiger partial charge in [-0.3, -0.25) is 4.79 Å². The van der Waals surface area contributed by atoms with E-state index in [9.17, 15) is 4.79 Å². The van der Waals surface area contributed by atoms with Gasteiger partial charge in [0.25, 0.3) is 5.91 Å². The highest BCUT2D eigenvalue weighted by molar-refractivity contribution is 9.10. The molecule has 0 atom stereocenters. The van der Waals surface area contributed by atoms with Crippen LogP contribution in [0.5, 0.6) is 0 Å². The van der Waals surface area contributed by atoms with Gasteiger partial charge in [0.1, 0.15) is 0 Å². The summed E-state index contributed by atoms with van der Waals surface area (Å²) in [5.74, 6) is -0.121. The van der Waals surface area contributed by atoms with Gasteiger partial charge in [0.15, 0.2) is 0 Å². The number of rotatable bonds is 6. The van der Waals surface area contributed by atoms with Crippen LogP contribution in [0.15, 0.2) is 86.0 Å². The van der Waals surface area contributed by atoms with Crippen molar-refractivity contribution in [3.8, 4) is 0 Å². The zero-order chi connectivity index (χ0) is 20.9. The van der Waals surface area contributed by atoms with E-state index in [-0.39, 0.29) is 5.91 Å². The standard InChI is InChI=1S/C24H21BrN2O2S/c1-2-29-14-13-26-24(28)17-9-12-22-20(15-17)27-23(16-7-10-18(25)11-8-16)19-5-3-4-6-21(19)30-22/h3-12,15H,2,13-14H2,1H3,(H,26,28). The largest absolute Gasteiger partial charge is 0.380 e. The summed E-state index contributed by atoms with van der Waals surface area (Å²) in [5, 5.41) is 2.90. The molecule has 1 aliphatic rings. The second kappa shape index (κ2) is 9.60. The smallest absolute Gasteiger partial charge is 0.251 e. The van der Waals surface area contributed by atoms with Gasteiger partial charge in [0.05, 0.1) is 18.0 Å². The zero-order valence-corrected chi connectivity index (χ0v) is 18.9. The van der Waals surface area contributed by atoms with Crippen molar-refractivity contribution in [2.45, 2.75) is 16.7 Å². The molecule has 0 unspecified atom stereocenters. The van der Waals surface area contributed by atoms with Gasteiger partial charge in [-0.2, -0.15) is 0 Å². The molecule has 3 aromatic carbocycles. The van der Waals surface area contributed by atoms with E-state index in [2.05, 4.69) is 45.5 Å². The zero-order valence-electron chi connectivity index (χ0n) is 16.5. The van der Waals surface area contributed by atoms with Gasteiger partial charge in [-0.25, -0.2) is 4.99 Å². The van der Waals surface area contributed by atoms with Crippen LogP contribution in [0.4, 0.5) is 5.69 Å². The van der Waals surface area contributed by atoms with Crippen molar-refractivity contribution in [2.24, 2.45) is 4.99 Å². The van der Waals surface area contributed by atoms with Gasteiger partial charge in [-0.1, -0.05) is 58.0 Å². The van der Waals surface area contributed by atoms with Crippen LogP contribution in [-0.4, -0.2) is 31.4 Å². The summed E-state index contributed by atoms with van der Waals surface area (Å²) < 4.78 is 6.31. The van der Waals surface area contributed by atoms with Crippen molar-refractivity contribution < 1.29 is 9.53 Å². The first-order chi connectivity index (χ1) is 14.7. The molecule has 1 amide bonds. The lowest BCUT2D eigenvalue weighted by atomic mass is 10.0. The maximum Gasteiger partial charge on any atom is 0.251 e. The Morgan fingerprint density at radius 1 is 1.07 bits per heavy atom. The highest BCUT2D eigenvalue weighted by Gasteiger charge is 2.19. The molecule has 1 N–H and O–H groups in total. The van der Waals surface area contributed by atoms with Crippen LogP contribution in [-0.2, 0) is 4.74 Å². The van der Waals surface area contributed by atoms with Gasteiger partial charge in [0, 0.05) is 44.1 Å². The summed E-state index contributed by atoms with van der Waals surface area (Å²) in [6, 6.07) is 22.1. The van der Waals surface area contributed by atoms with E-state index >= 15 is 0 Å². The normalized spacial score (nSPS) is 12.4. The number of carbonyl (C=O) groups excluding carboxylic acids is 1. The summed E-state index contributed by atoms with van der Waals surface area (Å²) in [4.78, 5) is 19.7. The molecule has 0 aliphatic carbocycles. The van der Waals surface area contributed by atoms with E-state index in [0.717, 1.165) is 36.8 Å². The molecule has 4 rings (SSSR count). The molecule has 4 nitrogen and oxygen atoms in total. The van der Waals surface area contributed by atoms with E-state index in [0.29, 0.717) is 25.3 Å². The predicted octanol–water partition coefficient (Wildman–Crippen LogP) is 5.85. The molecule has 6 heteroatoms. The molecule has 3 aromatic rings. The lowest BCUT2D eigenvalue weighted by Gasteiger charge is -2.09. The number of hydrogen-bond donors (Lipinski definition) is 1. The van der Waals surface area contributed by atoms with E-state index in [1.807, 2.05) is 49.4 Å². The first-order valence-electron chi connectivity index (χ1n) is 9.77. The molecule has 0 saturated heterocycles. The number of hydrogen-bond acceptors (Lipinski definition) is 4. The summed E-state index contributed by atoms with van der Waals surface area (Å²) in [5.41, 5.74) is 4.41. The molecule has 0 fully saturated rings. The quantitative estimate of drug-likeness (QED) is 0.352. The van der Waals surface area contributed by atoms with Crippen LogP contribution in [0.1, 0.15) is 28.4 Å². The van der Waals surface area contributed by atoms with E-state index in [4.69, 9.17) is 9.73 Å². The molecular formula is C24H21BrN2O2S. The third kappa shape index (κ3) is 4.67. The van der Waals surface area contributed by atoms with E-state index < -0.39 is 0 Å². The van der Waals surface area contributed by atoms with Crippen LogP contribution in [0.25, 0.3) is 0 Å². The first-order valence-corrected chi connectivity index (χ1v) is 11.4. The third-order valence-electron chi connectivity index (χ3n) is 4.67. The average molecular weight is 481 g/mol. The summed E-state index contributed by atoms with van der Waals surface area (Å²) in [7, 11) is 0. The van der Waals surface area contributed by atoms with Crippen LogP contribution >= 0.6 is 27.7 Å². The monoisotopic (exact) mass is 480 g/mol. The number of benzene rings is 3. The lowest BCUT2D eigenvalue weighted by molar-refractivity contribution is 0.0922. The second-order valence-corrected chi connectivity index (χ2v) is 8.70. The molecule has 0 saturated carbocycles. The molecular weight excluding hydrogens is 460 g/mol. The number of carbonyl (C=O) groups is 1. The van der Waals surface area contributed by atoms with Gasteiger partial charge < -0.3 is 10.1 Å². The number of nitrogens with one attached hydrogen (secondary N) is 1. The van der Waals surface area contributed by atoms with Crippen molar-refractivity contribution in [3.63, 3.8) is 0 Å². The number of aliphatic imine (C=N–C) groups is 1. The summed E-state index contributed by atoms with van der Waals surface area (Å²) in [6.07, 6.45) is 0. The van der Waals surface area contributed by atoms with Crippen LogP contribution in [0, 0.1) is 0 Å². The van der Waals surface area contributed by atoms with Crippen molar-refractivity contribution >= 4 is 45.0 Å². The maximum atomic E-state index is 12.6. The fraction of sp³-hybridized carbons (Fsp3) is 0.167. The van der Waals surface area contributed by atoms with Gasteiger partial charge in [0.2, 0.25) is 0 Å². The molecule has 0 spiro atoms. The number of ether oxygens (including phenoxy) is 1. The van der Waals surface area contributed by atoms with Crippen molar-refractivity contribution in [1.29, 1.82) is 0 Å². The van der Waals surface area contributed by atoms with E-state index in [1.165, 1.54) is 0 Å². The Morgan fingerprint density at radius 2 is 1.87 bits per heavy atom. The highest BCUT2D eigenvalue weighted by atomic mass is 79.9. The fourth-order valence-electron chi connectivity index (χ4n) is 3.19. The van der Waals surface area contributed by atoms with Crippen LogP contribution in [0.3, 0.4) is 0 Å². The molecule has 0 radical (unpaired) electrons. The Balaban J connectivity index is 1.72. The van der Waals surface area contributed by atoms with Gasteiger partial charge in [-0.15, -0.1) is 0 Å². The number of nitrogens with zero attached hydrogens (tertiary/aromatic N) is 1. The minimum absolute atomic E-state index is 0.121. The molecule has 0 bridgehead atoms. The van der Waals surface area contributed by atoms with Gasteiger partial charge in [-0.05, 0) is 43.3 Å². The predicted molar refractivity (Wildman–Crippen MR) is 125 cm³/mol. The topological polar surface area (TPSA) is 50.7 Å². The van der Waals surface area contributed by atoms with Crippen molar-refractivity contribution in [1.82, 2.24) is 5.32 Å². The van der Waals surface area contributed by atoms with Gasteiger partial charge >= 0.3 is 0 Å². The van der Waals surface area contributed by atoms with Crippen molar-refractivity contribution in [2.75, 3.05) is 19.8 Å². The SMILES string of the molecule is CCOCCNC(=O)c1ccc2c(c1)N=C(c1ccc(Br)cc1)c1ccccc1S2. The number of halogens is 1. The number of fused-ring (bicyclic) bond motifs is 2. The average Bonchev–Trinajstić information content (AvgIpc) is 2.93. The Hall–Kier alpha value is -2.41.